The van der Waals surface area contributed by atoms with E-state index < -0.39 is 27.8 Å². The number of Topliss-reactive ketones (excluding diaryl/α,β-unsaturated/α-hetero) is 2. The first kappa shape index (κ1) is 13.9. The number of hydrogen-bond donors (Lipinski definition) is 1. The van der Waals surface area contributed by atoms with Crippen LogP contribution in [0.1, 0.15) is 33.6 Å². The van der Waals surface area contributed by atoms with E-state index in [1.54, 1.807) is 24.5 Å². The maximum Gasteiger partial charge on any atom is 0.239 e. The fourth-order valence-electron chi connectivity index (χ4n) is 3.95. The molecule has 1 amide bonds. The summed E-state index contributed by atoms with van der Waals surface area (Å²) in [5.41, 5.74) is -2.08. The average Bonchev–Trinajstić information content (AvgIpc) is 2.72. The van der Waals surface area contributed by atoms with Crippen LogP contribution in [0.5, 0.6) is 0 Å². The van der Waals surface area contributed by atoms with Gasteiger partial charge in [0.05, 0.1) is 0 Å². The van der Waals surface area contributed by atoms with Crippen molar-refractivity contribution in [2.45, 2.75) is 33.6 Å². The number of fused-ring (bicyclic) bond motifs is 2. The molecule has 1 N–H and O–H groups in total. The number of nitrogens with one attached hydrogen (secondary N) is 1. The molecule has 2 aliphatic carbocycles. The van der Waals surface area contributed by atoms with Crippen LogP contribution in [0, 0.1) is 16.2 Å². The van der Waals surface area contributed by atoms with Gasteiger partial charge < -0.3 is 5.32 Å². The van der Waals surface area contributed by atoms with E-state index in [4.69, 9.17) is 0 Å². The third-order valence-corrected chi connectivity index (χ3v) is 5.87. The molecule has 2 aliphatic rings. The van der Waals surface area contributed by atoms with Crippen LogP contribution in [0.15, 0.2) is 24.5 Å². The standard InChI is InChI=1S/C16H18N2O3/c1-14(2)15(3)6-7-16(14,12(20)11(15)19)13(21)18-10-4-8-17-9-5-10/h4-5,8-9H,6-7H2,1-3H3,(H,17,18,21). The quantitative estimate of drug-likeness (QED) is 0.666. The first-order chi connectivity index (χ1) is 9.77. The summed E-state index contributed by atoms with van der Waals surface area (Å²) in [6.45, 7) is 5.52. The van der Waals surface area contributed by atoms with E-state index >= 15 is 0 Å². The maximum absolute atomic E-state index is 12.8. The molecule has 5 heteroatoms. The highest BCUT2D eigenvalue weighted by molar-refractivity contribution is 6.49. The highest BCUT2D eigenvalue weighted by Crippen LogP contribution is 2.69. The zero-order valence-corrected chi connectivity index (χ0v) is 12.4. The minimum absolute atomic E-state index is 0.377. The van der Waals surface area contributed by atoms with Crippen molar-refractivity contribution < 1.29 is 14.4 Å². The highest BCUT2D eigenvalue weighted by Gasteiger charge is 2.77. The Morgan fingerprint density at radius 3 is 2.24 bits per heavy atom. The SMILES string of the molecule is CC12CCC(C(=O)Nc3ccncc3)(C(=O)C1=O)C2(C)C. The number of hydrogen-bond acceptors (Lipinski definition) is 4. The van der Waals surface area contributed by atoms with Gasteiger partial charge in [0.15, 0.2) is 0 Å². The summed E-state index contributed by atoms with van der Waals surface area (Å²) >= 11 is 0. The molecule has 0 spiro atoms. The summed E-state index contributed by atoms with van der Waals surface area (Å²) in [5, 5.41) is 2.77. The van der Waals surface area contributed by atoms with Gasteiger partial charge in [0.25, 0.3) is 0 Å². The number of carbonyl (C=O) groups is 3. The minimum Gasteiger partial charge on any atom is -0.325 e. The fourth-order valence-corrected chi connectivity index (χ4v) is 3.95. The van der Waals surface area contributed by atoms with Gasteiger partial charge in [-0.15, -0.1) is 0 Å². The lowest BCUT2D eigenvalue weighted by atomic mass is 9.64. The van der Waals surface area contributed by atoms with E-state index in [0.717, 1.165) is 0 Å². The smallest absolute Gasteiger partial charge is 0.239 e. The number of carbonyl (C=O) groups excluding carboxylic acids is 3. The molecule has 110 valence electrons. The van der Waals surface area contributed by atoms with Gasteiger partial charge in [0.1, 0.15) is 5.41 Å². The number of anilines is 1. The van der Waals surface area contributed by atoms with Crippen molar-refractivity contribution in [1.82, 2.24) is 4.98 Å². The number of amides is 1. The third-order valence-electron chi connectivity index (χ3n) is 5.87. The van der Waals surface area contributed by atoms with Gasteiger partial charge in [-0.3, -0.25) is 19.4 Å². The normalized spacial score (nSPS) is 33.3. The van der Waals surface area contributed by atoms with Crippen LogP contribution in [-0.2, 0) is 14.4 Å². The summed E-state index contributed by atoms with van der Waals surface area (Å²) in [4.78, 5) is 41.5. The Balaban J connectivity index is 2.02. The summed E-state index contributed by atoms with van der Waals surface area (Å²) < 4.78 is 0. The number of nitrogens with zero attached hydrogens (tertiary/aromatic N) is 1. The highest BCUT2D eigenvalue weighted by atomic mass is 16.2. The number of rotatable bonds is 2. The molecule has 2 fully saturated rings. The molecule has 2 atom stereocenters. The summed E-state index contributed by atoms with van der Waals surface area (Å²) in [6, 6.07) is 3.33. The van der Waals surface area contributed by atoms with E-state index in [-0.39, 0.29) is 5.91 Å². The van der Waals surface area contributed by atoms with Crippen LogP contribution in [0.3, 0.4) is 0 Å². The van der Waals surface area contributed by atoms with Crippen LogP contribution in [0.25, 0.3) is 0 Å². The third kappa shape index (κ3) is 1.41. The van der Waals surface area contributed by atoms with Gasteiger partial charge >= 0.3 is 0 Å². The van der Waals surface area contributed by atoms with Crippen LogP contribution < -0.4 is 5.32 Å². The number of pyridine rings is 1. The Morgan fingerprint density at radius 1 is 1.10 bits per heavy atom. The second-order valence-corrected chi connectivity index (χ2v) is 6.71. The molecule has 1 aromatic rings. The van der Waals surface area contributed by atoms with E-state index in [1.165, 1.54) is 0 Å². The van der Waals surface area contributed by atoms with Gasteiger partial charge in [0.2, 0.25) is 17.5 Å². The van der Waals surface area contributed by atoms with E-state index in [2.05, 4.69) is 10.3 Å². The van der Waals surface area contributed by atoms with Crippen LogP contribution in [-0.4, -0.2) is 22.5 Å². The number of aromatic nitrogens is 1. The molecular weight excluding hydrogens is 268 g/mol. The van der Waals surface area contributed by atoms with Crippen LogP contribution in [0.4, 0.5) is 5.69 Å². The van der Waals surface area contributed by atoms with Crippen LogP contribution in [0.2, 0.25) is 0 Å². The van der Waals surface area contributed by atoms with Gasteiger partial charge in [-0.2, -0.15) is 0 Å². The lowest BCUT2D eigenvalue weighted by Gasteiger charge is -2.37. The summed E-state index contributed by atoms with van der Waals surface area (Å²) in [6.07, 6.45) is 4.14. The molecule has 2 unspecified atom stereocenters. The van der Waals surface area contributed by atoms with Gasteiger partial charge in [-0.1, -0.05) is 20.8 Å². The summed E-state index contributed by atoms with van der Waals surface area (Å²) in [5.74, 6) is -1.31. The van der Waals surface area contributed by atoms with Crippen molar-refractivity contribution in [3.63, 3.8) is 0 Å². The molecule has 0 aromatic carbocycles. The van der Waals surface area contributed by atoms with Crippen molar-refractivity contribution in [3.8, 4) is 0 Å². The van der Waals surface area contributed by atoms with Crippen molar-refractivity contribution in [2.75, 3.05) is 5.32 Å². The molecule has 0 radical (unpaired) electrons. The Kier molecular flexibility index (Phi) is 2.65. The summed E-state index contributed by atoms with van der Waals surface area (Å²) in [7, 11) is 0. The molecule has 1 heterocycles. The zero-order valence-electron chi connectivity index (χ0n) is 12.4. The molecule has 2 bridgehead atoms. The lowest BCUT2D eigenvalue weighted by Crippen LogP contribution is -2.47. The minimum atomic E-state index is -1.25. The second kappa shape index (κ2) is 4.00. The first-order valence-electron chi connectivity index (χ1n) is 7.08. The Morgan fingerprint density at radius 2 is 1.71 bits per heavy atom. The Hall–Kier alpha value is -2.04. The van der Waals surface area contributed by atoms with Crippen molar-refractivity contribution in [2.24, 2.45) is 16.2 Å². The van der Waals surface area contributed by atoms with Crippen molar-refractivity contribution in [3.05, 3.63) is 24.5 Å². The second-order valence-electron chi connectivity index (χ2n) is 6.71. The topological polar surface area (TPSA) is 76.1 Å². The predicted octanol–water partition coefficient (Wildman–Crippen LogP) is 1.98. The van der Waals surface area contributed by atoms with E-state index in [1.807, 2.05) is 20.8 Å². The fraction of sp³-hybridized carbons (Fsp3) is 0.500. The lowest BCUT2D eigenvalue weighted by molar-refractivity contribution is -0.147. The molecule has 0 saturated heterocycles. The zero-order chi connectivity index (χ0) is 15.5. The molecule has 21 heavy (non-hydrogen) atoms. The Bertz CT molecular complexity index is 653. The van der Waals surface area contributed by atoms with Gasteiger partial charge in [0, 0.05) is 23.5 Å². The van der Waals surface area contributed by atoms with E-state index in [9.17, 15) is 14.4 Å². The molecule has 2 saturated carbocycles. The molecular formula is C16H18N2O3. The Labute approximate surface area is 123 Å². The van der Waals surface area contributed by atoms with Crippen molar-refractivity contribution in [1.29, 1.82) is 0 Å². The van der Waals surface area contributed by atoms with E-state index in [0.29, 0.717) is 18.5 Å². The molecule has 0 aliphatic heterocycles. The number of ketones is 2. The predicted molar refractivity (Wildman–Crippen MR) is 76.4 cm³/mol. The molecule has 1 aromatic heterocycles. The van der Waals surface area contributed by atoms with Gasteiger partial charge in [-0.25, -0.2) is 0 Å². The monoisotopic (exact) mass is 286 g/mol. The molecule has 5 nitrogen and oxygen atoms in total. The van der Waals surface area contributed by atoms with Crippen molar-refractivity contribution >= 4 is 23.2 Å². The average molecular weight is 286 g/mol. The maximum atomic E-state index is 12.8. The molecule has 3 rings (SSSR count). The van der Waals surface area contributed by atoms with Crippen LogP contribution >= 0.6 is 0 Å². The van der Waals surface area contributed by atoms with Gasteiger partial charge in [-0.05, 0) is 30.4 Å². The first-order valence-corrected chi connectivity index (χ1v) is 7.08. The largest absolute Gasteiger partial charge is 0.325 e.